The van der Waals surface area contributed by atoms with Crippen molar-refractivity contribution >= 4 is 23.4 Å². The summed E-state index contributed by atoms with van der Waals surface area (Å²) in [6.07, 6.45) is 0.678. The van der Waals surface area contributed by atoms with E-state index in [2.05, 4.69) is 51.2 Å². The highest BCUT2D eigenvalue weighted by Crippen LogP contribution is 2.46. The van der Waals surface area contributed by atoms with E-state index in [0.29, 0.717) is 23.3 Å². The van der Waals surface area contributed by atoms with Crippen LogP contribution in [0.5, 0.6) is 5.75 Å². The summed E-state index contributed by atoms with van der Waals surface area (Å²) in [6.45, 7) is 0. The molecule has 194 valence electrons. The van der Waals surface area contributed by atoms with Crippen LogP contribution in [0.4, 0.5) is 5.69 Å². The van der Waals surface area contributed by atoms with Crippen molar-refractivity contribution in [3.8, 4) is 17.2 Å². The molecule has 9 heteroatoms. The second-order valence-electron chi connectivity index (χ2n) is 9.42. The Balaban J connectivity index is 1.26. The molecule has 6 rings (SSSR count). The summed E-state index contributed by atoms with van der Waals surface area (Å²) in [5.74, 6) is 1.81. The number of nitrogens with one attached hydrogen (secondary N) is 2. The second kappa shape index (κ2) is 10.5. The minimum absolute atomic E-state index is 0.103. The fraction of sp³-hybridized carbons (Fsp3) is 0.276. The summed E-state index contributed by atoms with van der Waals surface area (Å²) in [5.41, 5.74) is 5.32. The molecule has 4 aromatic rings. The molecule has 0 spiro atoms. The van der Waals surface area contributed by atoms with E-state index >= 15 is 0 Å². The number of carbonyl (C=O) groups excluding carboxylic acids is 1. The fourth-order valence-electron chi connectivity index (χ4n) is 5.48. The lowest BCUT2D eigenvalue weighted by Crippen LogP contribution is -2.52. The van der Waals surface area contributed by atoms with Gasteiger partial charge in [-0.05, 0) is 47.9 Å². The Bertz CT molecular complexity index is 1440. The van der Waals surface area contributed by atoms with Gasteiger partial charge in [0.05, 0.1) is 26.3 Å². The molecule has 1 fully saturated rings. The molecule has 0 radical (unpaired) electrons. The number of para-hydroxylation sites is 1. The van der Waals surface area contributed by atoms with Gasteiger partial charge in [-0.25, -0.2) is 0 Å². The van der Waals surface area contributed by atoms with Gasteiger partial charge in [0.2, 0.25) is 5.89 Å². The van der Waals surface area contributed by atoms with Crippen LogP contribution in [-0.2, 0) is 15.3 Å². The maximum Gasteiger partial charge on any atom is 0.322 e. The molecular formula is C29H28N4O4S. The number of hydrogen-bond acceptors (Lipinski definition) is 9. The van der Waals surface area contributed by atoms with Gasteiger partial charge in [0.25, 0.3) is 5.22 Å². The van der Waals surface area contributed by atoms with Crippen LogP contribution in [0.15, 0.2) is 82.4 Å². The minimum Gasteiger partial charge on any atom is -0.496 e. The molecule has 2 N–H and O–H groups in total. The van der Waals surface area contributed by atoms with Gasteiger partial charge in [-0.3, -0.25) is 10.1 Å². The number of hydrogen-bond donors (Lipinski definition) is 2. The summed E-state index contributed by atoms with van der Waals surface area (Å²) < 4.78 is 16.7. The number of anilines is 1. The molecular weight excluding hydrogens is 500 g/mol. The molecule has 2 aliphatic heterocycles. The Labute approximate surface area is 225 Å². The summed E-state index contributed by atoms with van der Waals surface area (Å²) >= 11 is 1.46. The van der Waals surface area contributed by atoms with Crippen LogP contribution in [0, 0.1) is 0 Å². The third kappa shape index (κ3) is 4.63. The van der Waals surface area contributed by atoms with Crippen molar-refractivity contribution in [2.24, 2.45) is 0 Å². The predicted octanol–water partition coefficient (Wildman–Crippen LogP) is 5.19. The van der Waals surface area contributed by atoms with Gasteiger partial charge in [0.15, 0.2) is 0 Å². The molecule has 38 heavy (non-hydrogen) atoms. The van der Waals surface area contributed by atoms with E-state index in [1.54, 1.807) is 7.11 Å². The van der Waals surface area contributed by atoms with Gasteiger partial charge in [0, 0.05) is 28.5 Å². The van der Waals surface area contributed by atoms with Crippen molar-refractivity contribution in [2.75, 3.05) is 19.5 Å². The Morgan fingerprint density at radius 2 is 1.87 bits per heavy atom. The van der Waals surface area contributed by atoms with E-state index in [0.717, 1.165) is 28.1 Å². The number of esters is 1. The van der Waals surface area contributed by atoms with Crippen LogP contribution in [-0.4, -0.2) is 42.5 Å². The van der Waals surface area contributed by atoms with Crippen LogP contribution < -0.4 is 15.4 Å². The van der Waals surface area contributed by atoms with Crippen LogP contribution in [0.25, 0.3) is 11.5 Å². The monoisotopic (exact) mass is 528 g/mol. The van der Waals surface area contributed by atoms with Gasteiger partial charge < -0.3 is 19.2 Å². The van der Waals surface area contributed by atoms with Crippen molar-refractivity contribution in [1.82, 2.24) is 15.5 Å². The van der Waals surface area contributed by atoms with E-state index in [1.165, 1.54) is 24.4 Å². The average Bonchev–Trinajstić information content (AvgIpc) is 3.60. The third-order valence-electron chi connectivity index (χ3n) is 7.27. The molecule has 0 aliphatic carbocycles. The number of aromatic nitrogens is 2. The standard InChI is InChI=1S/C29H28N4O4S/c1-35-24-13-12-18(14-19(24)16-38-29-33-32-27(37-29)17-8-4-3-5-9-17)25-26-21(15-23(31-25)28(34)36-2)20-10-6-7-11-22(20)30-26/h3-14,21,23,25-26,30-31H,15-16H2,1-2H3. The van der Waals surface area contributed by atoms with Gasteiger partial charge in [-0.2, -0.15) is 0 Å². The van der Waals surface area contributed by atoms with E-state index in [-0.39, 0.29) is 24.0 Å². The Kier molecular flexibility index (Phi) is 6.78. The predicted molar refractivity (Wildman–Crippen MR) is 145 cm³/mol. The maximum absolute atomic E-state index is 12.6. The topological polar surface area (TPSA) is 98.5 Å². The van der Waals surface area contributed by atoms with Gasteiger partial charge in [-0.15, -0.1) is 10.2 Å². The summed E-state index contributed by atoms with van der Waals surface area (Å²) in [4.78, 5) is 12.6. The SMILES string of the molecule is COC(=O)C1CC2c3ccccc3NC2C(c2ccc(OC)c(CSc3nnc(-c4ccccc4)o3)c2)N1. The van der Waals surface area contributed by atoms with Crippen molar-refractivity contribution in [3.63, 3.8) is 0 Å². The lowest BCUT2D eigenvalue weighted by atomic mass is 9.79. The van der Waals surface area contributed by atoms with Crippen LogP contribution in [0.1, 0.15) is 35.1 Å². The highest BCUT2D eigenvalue weighted by atomic mass is 32.2. The normalized spacial score (nSPS) is 21.7. The molecule has 1 aromatic heterocycles. The number of ether oxygens (including phenoxy) is 2. The smallest absolute Gasteiger partial charge is 0.322 e. The molecule has 0 amide bonds. The van der Waals surface area contributed by atoms with E-state index in [9.17, 15) is 4.79 Å². The molecule has 2 aliphatic rings. The summed E-state index contributed by atoms with van der Waals surface area (Å²) in [5, 5.41) is 16.2. The summed E-state index contributed by atoms with van der Waals surface area (Å²) in [6, 6.07) is 23.8. The Hall–Kier alpha value is -3.82. The number of nitrogens with zero attached hydrogens (tertiary/aromatic N) is 2. The molecule has 4 unspecified atom stereocenters. The molecule has 0 bridgehead atoms. The van der Waals surface area contributed by atoms with Gasteiger partial charge in [0.1, 0.15) is 11.8 Å². The minimum atomic E-state index is -0.395. The number of piperidine rings is 1. The van der Waals surface area contributed by atoms with Crippen LogP contribution >= 0.6 is 11.8 Å². The zero-order chi connectivity index (χ0) is 26.1. The Morgan fingerprint density at radius 3 is 2.68 bits per heavy atom. The maximum atomic E-state index is 12.6. The molecule has 0 saturated carbocycles. The van der Waals surface area contributed by atoms with Crippen molar-refractivity contribution in [1.29, 1.82) is 0 Å². The number of fused-ring (bicyclic) bond motifs is 3. The number of carbonyl (C=O) groups is 1. The first-order chi connectivity index (χ1) is 18.6. The van der Waals surface area contributed by atoms with Crippen molar-refractivity contribution in [2.45, 2.75) is 41.4 Å². The highest BCUT2D eigenvalue weighted by Gasteiger charge is 2.45. The van der Waals surface area contributed by atoms with E-state index in [4.69, 9.17) is 13.9 Å². The zero-order valence-electron chi connectivity index (χ0n) is 21.1. The van der Waals surface area contributed by atoms with E-state index in [1.807, 2.05) is 42.5 Å². The largest absolute Gasteiger partial charge is 0.496 e. The Morgan fingerprint density at radius 1 is 1.05 bits per heavy atom. The van der Waals surface area contributed by atoms with Crippen LogP contribution in [0.2, 0.25) is 0 Å². The van der Waals surface area contributed by atoms with Gasteiger partial charge >= 0.3 is 5.97 Å². The quantitative estimate of drug-likeness (QED) is 0.248. The second-order valence-corrected chi connectivity index (χ2v) is 10.3. The fourth-order valence-corrected chi connectivity index (χ4v) is 6.22. The number of benzene rings is 3. The first-order valence-electron chi connectivity index (χ1n) is 12.5. The molecule has 1 saturated heterocycles. The lowest BCUT2D eigenvalue weighted by molar-refractivity contribution is -0.144. The molecule has 3 aromatic carbocycles. The zero-order valence-corrected chi connectivity index (χ0v) is 21.9. The number of rotatable bonds is 7. The first-order valence-corrected chi connectivity index (χ1v) is 13.5. The first kappa shape index (κ1) is 24.5. The molecule has 4 atom stereocenters. The van der Waals surface area contributed by atoms with Crippen molar-refractivity contribution in [3.05, 3.63) is 89.5 Å². The number of methoxy groups -OCH3 is 2. The average molecular weight is 529 g/mol. The van der Waals surface area contributed by atoms with Gasteiger partial charge in [-0.1, -0.05) is 54.2 Å². The third-order valence-corrected chi connectivity index (χ3v) is 8.14. The highest BCUT2D eigenvalue weighted by molar-refractivity contribution is 7.98. The summed E-state index contributed by atoms with van der Waals surface area (Å²) in [7, 11) is 3.11. The van der Waals surface area contributed by atoms with Crippen LogP contribution in [0.3, 0.4) is 0 Å². The lowest BCUT2D eigenvalue weighted by Gasteiger charge is -2.39. The molecule has 8 nitrogen and oxygen atoms in total. The van der Waals surface area contributed by atoms with E-state index < -0.39 is 6.04 Å². The van der Waals surface area contributed by atoms with Crippen molar-refractivity contribution < 1.29 is 18.7 Å². The number of thioether (sulfide) groups is 1. The molecule has 3 heterocycles.